The molecule has 0 heterocycles. The van der Waals surface area contributed by atoms with Crippen molar-refractivity contribution in [1.82, 2.24) is 0 Å². The molecular formula is C20H17NO. The van der Waals surface area contributed by atoms with Crippen LogP contribution in [0.25, 0.3) is 0 Å². The van der Waals surface area contributed by atoms with Gasteiger partial charge in [0.1, 0.15) is 0 Å². The Morgan fingerprint density at radius 3 is 1.86 bits per heavy atom. The summed E-state index contributed by atoms with van der Waals surface area (Å²) in [5, 5.41) is 3.33. The fraction of sp³-hybridized carbons (Fsp3) is 0.0500. The van der Waals surface area contributed by atoms with Gasteiger partial charge < -0.3 is 5.32 Å². The summed E-state index contributed by atoms with van der Waals surface area (Å²) < 4.78 is 0. The van der Waals surface area contributed by atoms with E-state index in [0.717, 1.165) is 22.5 Å². The third kappa shape index (κ3) is 3.61. The van der Waals surface area contributed by atoms with Crippen molar-refractivity contribution in [2.45, 2.75) is 6.42 Å². The number of hydrogen-bond donors (Lipinski definition) is 1. The van der Waals surface area contributed by atoms with Crippen molar-refractivity contribution in [3.63, 3.8) is 0 Å². The maximum atomic E-state index is 12.2. The molecule has 0 aromatic heterocycles. The van der Waals surface area contributed by atoms with E-state index in [0.29, 0.717) is 6.42 Å². The largest absolute Gasteiger partial charge is 0.356 e. The van der Waals surface area contributed by atoms with Gasteiger partial charge in [-0.1, -0.05) is 60.7 Å². The molecule has 0 saturated carbocycles. The molecule has 1 N–H and O–H groups in total. The summed E-state index contributed by atoms with van der Waals surface area (Å²) >= 11 is 0. The Balaban J connectivity index is 1.66. The van der Waals surface area contributed by atoms with Crippen LogP contribution in [0, 0.1) is 0 Å². The summed E-state index contributed by atoms with van der Waals surface area (Å²) in [6.45, 7) is 0. The first-order valence-electron chi connectivity index (χ1n) is 7.30. The van der Waals surface area contributed by atoms with Crippen LogP contribution in [-0.4, -0.2) is 5.78 Å². The molecule has 0 radical (unpaired) electrons. The van der Waals surface area contributed by atoms with Crippen molar-refractivity contribution in [2.75, 3.05) is 5.32 Å². The van der Waals surface area contributed by atoms with Crippen LogP contribution in [0.4, 0.5) is 11.4 Å². The number of hydrogen-bond acceptors (Lipinski definition) is 2. The van der Waals surface area contributed by atoms with Crippen LogP contribution >= 0.6 is 0 Å². The topological polar surface area (TPSA) is 29.1 Å². The van der Waals surface area contributed by atoms with E-state index in [1.54, 1.807) is 0 Å². The summed E-state index contributed by atoms with van der Waals surface area (Å²) in [7, 11) is 0. The van der Waals surface area contributed by atoms with Crippen LogP contribution in [0.3, 0.4) is 0 Å². The Hall–Kier alpha value is -2.87. The predicted molar refractivity (Wildman–Crippen MR) is 90.6 cm³/mol. The second-order valence-corrected chi connectivity index (χ2v) is 5.15. The first-order valence-corrected chi connectivity index (χ1v) is 7.30. The lowest BCUT2D eigenvalue weighted by Gasteiger charge is -2.07. The minimum atomic E-state index is 0.143. The van der Waals surface area contributed by atoms with Crippen molar-refractivity contribution in [3.05, 3.63) is 96.1 Å². The summed E-state index contributed by atoms with van der Waals surface area (Å²) in [4.78, 5) is 12.2. The quantitative estimate of drug-likeness (QED) is 0.679. The lowest BCUT2D eigenvalue weighted by molar-refractivity contribution is 0.0993. The van der Waals surface area contributed by atoms with Gasteiger partial charge in [-0.2, -0.15) is 0 Å². The van der Waals surface area contributed by atoms with Gasteiger partial charge in [-0.05, 0) is 29.8 Å². The van der Waals surface area contributed by atoms with Crippen molar-refractivity contribution < 1.29 is 4.79 Å². The molecule has 0 amide bonds. The lowest BCUT2D eigenvalue weighted by atomic mass is 10.0. The molecule has 0 aliphatic rings. The smallest absolute Gasteiger partial charge is 0.167 e. The van der Waals surface area contributed by atoms with E-state index in [4.69, 9.17) is 0 Å². The Bertz CT molecular complexity index is 734. The Labute approximate surface area is 130 Å². The molecule has 0 saturated heterocycles. The SMILES string of the molecule is O=C(Cc1ccc(Nc2ccccc2)cc1)c1ccccc1. The minimum absolute atomic E-state index is 0.143. The molecule has 0 fully saturated rings. The highest BCUT2D eigenvalue weighted by Gasteiger charge is 2.06. The number of anilines is 2. The first kappa shape index (κ1) is 14.1. The number of para-hydroxylation sites is 1. The zero-order chi connectivity index (χ0) is 15.2. The second-order valence-electron chi connectivity index (χ2n) is 5.15. The van der Waals surface area contributed by atoms with E-state index in [9.17, 15) is 4.79 Å². The Kier molecular flexibility index (Phi) is 4.30. The van der Waals surface area contributed by atoms with Crippen molar-refractivity contribution in [2.24, 2.45) is 0 Å². The normalized spacial score (nSPS) is 10.2. The number of nitrogens with one attached hydrogen (secondary N) is 1. The number of Topliss-reactive ketones (excluding diaryl/α,β-unsaturated/α-hetero) is 1. The maximum Gasteiger partial charge on any atom is 0.167 e. The minimum Gasteiger partial charge on any atom is -0.356 e. The van der Waals surface area contributed by atoms with Gasteiger partial charge in [-0.25, -0.2) is 0 Å². The standard InChI is InChI=1S/C20H17NO/c22-20(17-7-3-1-4-8-17)15-16-11-13-19(14-12-16)21-18-9-5-2-6-10-18/h1-14,21H,15H2. The van der Waals surface area contributed by atoms with Gasteiger partial charge in [0.25, 0.3) is 0 Å². The zero-order valence-corrected chi connectivity index (χ0v) is 12.2. The molecule has 108 valence electrons. The molecule has 0 unspecified atom stereocenters. The molecule has 2 heteroatoms. The molecule has 3 aromatic rings. The lowest BCUT2D eigenvalue weighted by Crippen LogP contribution is -2.03. The zero-order valence-electron chi connectivity index (χ0n) is 12.2. The van der Waals surface area contributed by atoms with Crippen molar-refractivity contribution >= 4 is 17.2 Å². The average Bonchev–Trinajstić information content (AvgIpc) is 2.58. The number of benzene rings is 3. The summed E-state index contributed by atoms with van der Waals surface area (Å²) in [5.74, 6) is 0.143. The fourth-order valence-electron chi connectivity index (χ4n) is 2.31. The molecule has 3 rings (SSSR count). The van der Waals surface area contributed by atoms with Crippen LogP contribution in [0.2, 0.25) is 0 Å². The van der Waals surface area contributed by atoms with Gasteiger partial charge in [0.2, 0.25) is 0 Å². The van der Waals surface area contributed by atoms with E-state index in [2.05, 4.69) is 5.32 Å². The van der Waals surface area contributed by atoms with Crippen molar-refractivity contribution in [3.8, 4) is 0 Å². The highest BCUT2D eigenvalue weighted by molar-refractivity contribution is 5.97. The molecule has 0 atom stereocenters. The van der Waals surface area contributed by atoms with Crippen LogP contribution in [0.5, 0.6) is 0 Å². The van der Waals surface area contributed by atoms with Gasteiger partial charge in [0.15, 0.2) is 5.78 Å². The highest BCUT2D eigenvalue weighted by atomic mass is 16.1. The van der Waals surface area contributed by atoms with E-state index in [-0.39, 0.29) is 5.78 Å². The van der Waals surface area contributed by atoms with Gasteiger partial charge in [0, 0.05) is 23.4 Å². The van der Waals surface area contributed by atoms with Gasteiger partial charge in [-0.3, -0.25) is 4.79 Å². The first-order chi connectivity index (χ1) is 10.8. The number of carbonyl (C=O) groups is 1. The molecule has 22 heavy (non-hydrogen) atoms. The van der Waals surface area contributed by atoms with Gasteiger partial charge in [0.05, 0.1) is 0 Å². The fourth-order valence-corrected chi connectivity index (χ4v) is 2.31. The molecule has 3 aromatic carbocycles. The Morgan fingerprint density at radius 1 is 0.682 bits per heavy atom. The van der Waals surface area contributed by atoms with E-state index >= 15 is 0 Å². The summed E-state index contributed by atoms with van der Waals surface area (Å²) in [5.41, 5.74) is 3.85. The van der Waals surface area contributed by atoms with E-state index < -0.39 is 0 Å². The predicted octanol–water partition coefficient (Wildman–Crippen LogP) is 4.86. The molecule has 0 aliphatic carbocycles. The van der Waals surface area contributed by atoms with Gasteiger partial charge >= 0.3 is 0 Å². The molecular weight excluding hydrogens is 270 g/mol. The maximum absolute atomic E-state index is 12.2. The molecule has 0 spiro atoms. The third-order valence-corrected chi connectivity index (χ3v) is 3.48. The summed E-state index contributed by atoms with van der Waals surface area (Å²) in [6, 6.07) is 27.4. The molecule has 0 bridgehead atoms. The van der Waals surface area contributed by atoms with Crippen LogP contribution in [0.1, 0.15) is 15.9 Å². The number of rotatable bonds is 5. The van der Waals surface area contributed by atoms with E-state index in [1.165, 1.54) is 0 Å². The van der Waals surface area contributed by atoms with Crippen LogP contribution in [-0.2, 0) is 6.42 Å². The van der Waals surface area contributed by atoms with Crippen molar-refractivity contribution in [1.29, 1.82) is 0 Å². The van der Waals surface area contributed by atoms with Crippen LogP contribution < -0.4 is 5.32 Å². The van der Waals surface area contributed by atoms with Gasteiger partial charge in [-0.15, -0.1) is 0 Å². The second kappa shape index (κ2) is 6.72. The molecule has 0 aliphatic heterocycles. The average molecular weight is 287 g/mol. The third-order valence-electron chi connectivity index (χ3n) is 3.48. The highest BCUT2D eigenvalue weighted by Crippen LogP contribution is 2.17. The number of carbonyl (C=O) groups excluding carboxylic acids is 1. The summed E-state index contributed by atoms with van der Waals surface area (Å²) in [6.07, 6.45) is 0.426. The van der Waals surface area contributed by atoms with E-state index in [1.807, 2.05) is 84.9 Å². The molecule has 2 nitrogen and oxygen atoms in total. The monoisotopic (exact) mass is 287 g/mol. The van der Waals surface area contributed by atoms with Crippen LogP contribution in [0.15, 0.2) is 84.9 Å². The number of ketones is 1. The Morgan fingerprint density at radius 2 is 1.23 bits per heavy atom.